The molecule has 0 fully saturated rings. The van der Waals surface area contributed by atoms with Crippen LogP contribution in [0.3, 0.4) is 0 Å². The van der Waals surface area contributed by atoms with Crippen molar-refractivity contribution in [2.24, 2.45) is 0 Å². The van der Waals surface area contributed by atoms with E-state index in [9.17, 15) is 10.1 Å². The fourth-order valence-corrected chi connectivity index (χ4v) is 1.74. The van der Waals surface area contributed by atoms with E-state index in [2.05, 4.69) is 4.98 Å². The van der Waals surface area contributed by atoms with Gasteiger partial charge in [-0.15, -0.1) is 0 Å². The predicted molar refractivity (Wildman–Crippen MR) is 66.1 cm³/mol. The lowest BCUT2D eigenvalue weighted by molar-refractivity contribution is -0.385. The van der Waals surface area contributed by atoms with Crippen molar-refractivity contribution in [2.45, 2.75) is 6.92 Å². The normalized spacial score (nSPS) is 9.89. The number of nitriles is 1. The molecule has 0 N–H and O–H groups in total. The second kappa shape index (κ2) is 5.18. The number of hydrogen-bond donors (Lipinski definition) is 0. The van der Waals surface area contributed by atoms with Gasteiger partial charge >= 0.3 is 5.69 Å². The van der Waals surface area contributed by atoms with Crippen molar-refractivity contribution in [1.82, 2.24) is 9.55 Å². The number of hydrogen-bond acceptors (Lipinski definition) is 5. The van der Waals surface area contributed by atoms with Crippen LogP contribution in [0.4, 0.5) is 5.69 Å². The SMILES string of the molecule is CCOc1cccc(-n2ccnc2C#N)c1[N+](=O)[O-]. The Morgan fingerprint density at radius 1 is 1.58 bits per heavy atom. The fraction of sp³-hybridized carbons (Fsp3) is 0.167. The van der Waals surface area contributed by atoms with Gasteiger partial charge in [0.2, 0.25) is 5.82 Å². The Balaban J connectivity index is 2.67. The van der Waals surface area contributed by atoms with Crippen molar-refractivity contribution < 1.29 is 9.66 Å². The van der Waals surface area contributed by atoms with E-state index < -0.39 is 4.92 Å². The molecule has 0 aliphatic carbocycles. The van der Waals surface area contributed by atoms with Crippen LogP contribution in [-0.4, -0.2) is 21.1 Å². The maximum Gasteiger partial charge on any atom is 0.334 e. The molecule has 0 saturated carbocycles. The maximum absolute atomic E-state index is 11.2. The smallest absolute Gasteiger partial charge is 0.334 e. The van der Waals surface area contributed by atoms with Crippen LogP contribution in [0.25, 0.3) is 5.69 Å². The van der Waals surface area contributed by atoms with Crippen molar-refractivity contribution in [3.8, 4) is 17.5 Å². The van der Waals surface area contributed by atoms with Crippen molar-refractivity contribution >= 4 is 5.69 Å². The van der Waals surface area contributed by atoms with E-state index in [1.54, 1.807) is 19.1 Å². The summed E-state index contributed by atoms with van der Waals surface area (Å²) >= 11 is 0. The second-order valence-corrected chi connectivity index (χ2v) is 3.55. The van der Waals surface area contributed by atoms with Gasteiger partial charge in [-0.3, -0.25) is 14.7 Å². The molecular weight excluding hydrogens is 248 g/mol. The Bertz CT molecular complexity index is 657. The van der Waals surface area contributed by atoms with Gasteiger partial charge in [0.15, 0.2) is 5.75 Å². The molecule has 19 heavy (non-hydrogen) atoms. The van der Waals surface area contributed by atoms with E-state index in [0.29, 0.717) is 6.61 Å². The molecular formula is C12H10N4O3. The first kappa shape index (κ1) is 12.6. The molecule has 2 rings (SSSR count). The Morgan fingerprint density at radius 2 is 2.37 bits per heavy atom. The monoisotopic (exact) mass is 258 g/mol. The Morgan fingerprint density at radius 3 is 3.00 bits per heavy atom. The third-order valence-electron chi connectivity index (χ3n) is 2.46. The van der Waals surface area contributed by atoms with Crippen LogP contribution >= 0.6 is 0 Å². The summed E-state index contributed by atoms with van der Waals surface area (Å²) in [4.78, 5) is 14.5. The largest absolute Gasteiger partial charge is 0.487 e. The number of nitro benzene ring substituents is 1. The van der Waals surface area contributed by atoms with Gasteiger partial charge in [0, 0.05) is 12.4 Å². The standard InChI is InChI=1S/C12H10N4O3/c1-2-19-10-5-3-4-9(12(10)16(17)18)15-7-6-14-11(15)8-13/h3-7H,2H2,1H3. The molecule has 0 atom stereocenters. The lowest BCUT2D eigenvalue weighted by Crippen LogP contribution is -2.04. The zero-order valence-electron chi connectivity index (χ0n) is 10.1. The quantitative estimate of drug-likeness (QED) is 0.617. The van der Waals surface area contributed by atoms with Gasteiger partial charge in [0.25, 0.3) is 0 Å². The number of aromatic nitrogens is 2. The number of nitrogens with zero attached hydrogens (tertiary/aromatic N) is 4. The molecule has 7 heteroatoms. The summed E-state index contributed by atoms with van der Waals surface area (Å²) in [6.45, 7) is 2.06. The highest BCUT2D eigenvalue weighted by atomic mass is 16.6. The van der Waals surface area contributed by atoms with E-state index in [-0.39, 0.29) is 22.9 Å². The summed E-state index contributed by atoms with van der Waals surface area (Å²) in [6, 6.07) is 6.58. The minimum Gasteiger partial charge on any atom is -0.487 e. The number of benzene rings is 1. The number of imidazole rings is 1. The van der Waals surface area contributed by atoms with Crippen LogP contribution in [-0.2, 0) is 0 Å². The van der Waals surface area contributed by atoms with Crippen LogP contribution in [0.1, 0.15) is 12.7 Å². The average molecular weight is 258 g/mol. The van der Waals surface area contributed by atoms with Crippen molar-refractivity contribution in [3.63, 3.8) is 0 Å². The molecule has 7 nitrogen and oxygen atoms in total. The number of rotatable bonds is 4. The molecule has 0 aliphatic rings. The summed E-state index contributed by atoms with van der Waals surface area (Å²) in [6.07, 6.45) is 2.91. The second-order valence-electron chi connectivity index (χ2n) is 3.55. The van der Waals surface area contributed by atoms with Crippen molar-refractivity contribution in [1.29, 1.82) is 5.26 Å². The maximum atomic E-state index is 11.2. The minimum absolute atomic E-state index is 0.0803. The topological polar surface area (TPSA) is 94.0 Å². The lowest BCUT2D eigenvalue weighted by atomic mass is 10.2. The van der Waals surface area contributed by atoms with Crippen LogP contribution in [0, 0.1) is 21.4 Å². The third-order valence-corrected chi connectivity index (χ3v) is 2.46. The van der Waals surface area contributed by atoms with Gasteiger partial charge in [-0.05, 0) is 19.1 Å². The molecule has 0 aliphatic heterocycles. The summed E-state index contributed by atoms with van der Waals surface area (Å²) in [5.74, 6) is 0.249. The van der Waals surface area contributed by atoms with Gasteiger partial charge < -0.3 is 4.74 Å². The molecule has 1 heterocycles. The molecule has 96 valence electrons. The molecule has 1 aromatic heterocycles. The number of ether oxygens (including phenoxy) is 1. The van der Waals surface area contributed by atoms with E-state index in [1.165, 1.54) is 23.0 Å². The molecule has 0 radical (unpaired) electrons. The van der Waals surface area contributed by atoms with Crippen molar-refractivity contribution in [3.05, 3.63) is 46.5 Å². The summed E-state index contributed by atoms with van der Waals surface area (Å²) < 4.78 is 6.61. The van der Waals surface area contributed by atoms with E-state index in [0.717, 1.165) is 0 Å². The Hall–Kier alpha value is -2.88. The summed E-state index contributed by atoms with van der Waals surface area (Å²) in [5, 5.41) is 20.2. The molecule has 0 amide bonds. The summed E-state index contributed by atoms with van der Waals surface area (Å²) in [5.41, 5.74) is 0.0730. The first-order valence-corrected chi connectivity index (χ1v) is 5.53. The van der Waals surface area contributed by atoms with Crippen LogP contribution in [0.15, 0.2) is 30.6 Å². The van der Waals surface area contributed by atoms with Gasteiger partial charge in [0.1, 0.15) is 11.8 Å². The highest BCUT2D eigenvalue weighted by molar-refractivity contribution is 5.62. The molecule has 1 aromatic carbocycles. The predicted octanol–water partition coefficient (Wildman–Crippen LogP) is 2.05. The number of para-hydroxylation sites is 1. The van der Waals surface area contributed by atoms with Crippen LogP contribution in [0.5, 0.6) is 5.75 Å². The average Bonchev–Trinajstić information content (AvgIpc) is 2.86. The first-order valence-electron chi connectivity index (χ1n) is 5.53. The highest BCUT2D eigenvalue weighted by Gasteiger charge is 2.23. The van der Waals surface area contributed by atoms with Gasteiger partial charge in [-0.25, -0.2) is 4.98 Å². The zero-order chi connectivity index (χ0) is 13.8. The number of nitro groups is 1. The molecule has 0 saturated heterocycles. The van der Waals surface area contributed by atoms with E-state index in [4.69, 9.17) is 10.00 Å². The van der Waals surface area contributed by atoms with Gasteiger partial charge in [0.05, 0.1) is 11.5 Å². The minimum atomic E-state index is -0.526. The van der Waals surface area contributed by atoms with Gasteiger partial charge in [-0.2, -0.15) is 5.26 Å². The van der Waals surface area contributed by atoms with Crippen LogP contribution in [0.2, 0.25) is 0 Å². The van der Waals surface area contributed by atoms with Crippen LogP contribution < -0.4 is 4.74 Å². The van der Waals surface area contributed by atoms with E-state index >= 15 is 0 Å². The molecule has 2 aromatic rings. The highest BCUT2D eigenvalue weighted by Crippen LogP contribution is 2.33. The molecule has 0 spiro atoms. The molecule has 0 bridgehead atoms. The fourth-order valence-electron chi connectivity index (χ4n) is 1.74. The summed E-state index contributed by atoms with van der Waals surface area (Å²) in [7, 11) is 0. The Kier molecular flexibility index (Phi) is 3.43. The third kappa shape index (κ3) is 2.24. The Labute approximate surface area is 108 Å². The van der Waals surface area contributed by atoms with Crippen molar-refractivity contribution in [2.75, 3.05) is 6.61 Å². The molecule has 0 unspecified atom stereocenters. The zero-order valence-corrected chi connectivity index (χ0v) is 10.1. The van der Waals surface area contributed by atoms with Gasteiger partial charge in [-0.1, -0.05) is 6.07 Å². The first-order chi connectivity index (χ1) is 9.19. The van der Waals surface area contributed by atoms with E-state index in [1.807, 2.05) is 6.07 Å². The lowest BCUT2D eigenvalue weighted by Gasteiger charge is -2.09.